The number of carbonyl (C=O) groups excluding carboxylic acids is 3. The molecule has 0 aliphatic carbocycles. The van der Waals surface area contributed by atoms with Crippen molar-refractivity contribution in [2.45, 2.75) is 67.9 Å². The minimum atomic E-state index is -1.04. The number of nitrogens with one attached hydrogen (secondary N) is 1. The van der Waals surface area contributed by atoms with Gasteiger partial charge in [0.1, 0.15) is 15.9 Å². The van der Waals surface area contributed by atoms with E-state index in [4.69, 9.17) is 9.47 Å². The van der Waals surface area contributed by atoms with Crippen molar-refractivity contribution in [2.24, 2.45) is 0 Å². The van der Waals surface area contributed by atoms with Crippen LogP contribution in [-0.4, -0.2) is 50.4 Å². The van der Waals surface area contributed by atoms with Gasteiger partial charge in [0.25, 0.3) is 5.56 Å². The number of nitrogens with zero attached hydrogens (tertiary/aromatic N) is 4. The van der Waals surface area contributed by atoms with E-state index in [1.165, 1.54) is 9.25 Å². The summed E-state index contributed by atoms with van der Waals surface area (Å²) >= 11 is 0.922. The second kappa shape index (κ2) is 11.7. The van der Waals surface area contributed by atoms with Crippen molar-refractivity contribution in [1.82, 2.24) is 19.3 Å². The summed E-state index contributed by atoms with van der Waals surface area (Å²) in [6.07, 6.45) is 0.434. The van der Waals surface area contributed by atoms with Crippen LogP contribution >= 0.6 is 11.3 Å². The van der Waals surface area contributed by atoms with Gasteiger partial charge in [-0.2, -0.15) is 5.10 Å². The predicted molar refractivity (Wildman–Crippen MR) is 144 cm³/mol. The molecule has 12 heteroatoms. The smallest absolute Gasteiger partial charge is 0.348 e. The zero-order chi connectivity index (χ0) is 28.3. The molecule has 0 aromatic carbocycles. The first-order chi connectivity index (χ1) is 18.0. The van der Waals surface area contributed by atoms with Gasteiger partial charge in [-0.3, -0.25) is 14.2 Å². The molecule has 204 valence electrons. The zero-order valence-corrected chi connectivity index (χ0v) is 23.7. The molecule has 0 saturated carbocycles. The van der Waals surface area contributed by atoms with Crippen molar-refractivity contribution < 1.29 is 23.9 Å². The number of aryl methyl sites for hydroxylation is 3. The Morgan fingerprint density at radius 3 is 2.24 bits per heavy atom. The molecule has 3 aromatic heterocycles. The van der Waals surface area contributed by atoms with Gasteiger partial charge in [0, 0.05) is 11.3 Å². The summed E-state index contributed by atoms with van der Waals surface area (Å²) in [6.45, 7) is 14.0. The summed E-state index contributed by atoms with van der Waals surface area (Å²) in [6, 6.07) is 0.810. The van der Waals surface area contributed by atoms with Crippen LogP contribution in [0.2, 0.25) is 0 Å². The van der Waals surface area contributed by atoms with E-state index in [2.05, 4.69) is 15.4 Å². The lowest BCUT2D eigenvalue weighted by molar-refractivity contribution is -0.118. The van der Waals surface area contributed by atoms with Gasteiger partial charge in [-0.25, -0.2) is 19.3 Å². The summed E-state index contributed by atoms with van der Waals surface area (Å²) < 4.78 is 13.1. The molecule has 0 spiro atoms. The van der Waals surface area contributed by atoms with E-state index >= 15 is 0 Å². The molecule has 0 saturated heterocycles. The zero-order valence-electron chi connectivity index (χ0n) is 22.9. The molecule has 0 bridgehead atoms. The van der Waals surface area contributed by atoms with Gasteiger partial charge in [-0.1, -0.05) is 6.92 Å². The molecule has 1 atom stereocenters. The van der Waals surface area contributed by atoms with E-state index in [0.29, 0.717) is 23.2 Å². The highest BCUT2D eigenvalue weighted by atomic mass is 32.1. The van der Waals surface area contributed by atoms with E-state index in [1.807, 2.05) is 26.8 Å². The fourth-order valence-corrected chi connectivity index (χ4v) is 5.27. The van der Waals surface area contributed by atoms with E-state index in [9.17, 15) is 19.2 Å². The van der Waals surface area contributed by atoms with Gasteiger partial charge in [0.05, 0.1) is 30.2 Å². The lowest BCUT2D eigenvalue weighted by atomic mass is 10.1. The first-order valence-corrected chi connectivity index (χ1v) is 13.2. The van der Waals surface area contributed by atoms with Crippen molar-refractivity contribution in [2.75, 3.05) is 18.5 Å². The van der Waals surface area contributed by atoms with Crippen LogP contribution in [0, 0.1) is 27.7 Å². The largest absolute Gasteiger partial charge is 0.462 e. The topological polar surface area (TPSA) is 134 Å². The number of amides is 1. The fourth-order valence-electron chi connectivity index (χ4n) is 4.17. The number of carbonyl (C=O) groups is 3. The molecule has 1 N–H and O–H groups in total. The van der Waals surface area contributed by atoms with Crippen LogP contribution in [0.4, 0.5) is 5.00 Å². The molecule has 38 heavy (non-hydrogen) atoms. The van der Waals surface area contributed by atoms with Crippen molar-refractivity contribution in [3.63, 3.8) is 0 Å². The minimum absolute atomic E-state index is 0.0721. The minimum Gasteiger partial charge on any atom is -0.462 e. The maximum absolute atomic E-state index is 13.6. The molecule has 3 rings (SSSR count). The highest BCUT2D eigenvalue weighted by Crippen LogP contribution is 2.35. The Morgan fingerprint density at radius 1 is 1.05 bits per heavy atom. The Bertz CT molecular complexity index is 1450. The third-order valence-corrected chi connectivity index (χ3v) is 7.23. The van der Waals surface area contributed by atoms with E-state index in [0.717, 1.165) is 22.7 Å². The fraction of sp³-hybridized carbons (Fsp3) is 0.462. The van der Waals surface area contributed by atoms with Gasteiger partial charge in [0.2, 0.25) is 11.9 Å². The van der Waals surface area contributed by atoms with Gasteiger partial charge in [0.15, 0.2) is 0 Å². The number of esters is 2. The van der Waals surface area contributed by atoms with Gasteiger partial charge >= 0.3 is 11.9 Å². The molecular formula is C26H33N5O6S. The van der Waals surface area contributed by atoms with E-state index < -0.39 is 23.9 Å². The molecule has 3 heterocycles. The SMILES string of the molecule is CCOC(=O)c1sc(NC(=O)C(C)n2c(-n3nc(C)cc3C)nc(C)c(CC)c2=O)c(C(=O)OCC)c1C. The number of thiophene rings is 1. The van der Waals surface area contributed by atoms with E-state index in [1.54, 1.807) is 34.6 Å². The van der Waals surface area contributed by atoms with Crippen LogP contribution in [0.1, 0.15) is 82.0 Å². The molecule has 0 radical (unpaired) electrons. The number of ether oxygens (including phenoxy) is 2. The monoisotopic (exact) mass is 543 g/mol. The van der Waals surface area contributed by atoms with Crippen LogP contribution in [-0.2, 0) is 20.7 Å². The molecular weight excluding hydrogens is 510 g/mol. The molecule has 0 aliphatic heterocycles. The lowest BCUT2D eigenvalue weighted by Crippen LogP contribution is -2.37. The quantitative estimate of drug-likeness (QED) is 0.402. The average Bonchev–Trinajstić information content (AvgIpc) is 3.36. The van der Waals surface area contributed by atoms with Crippen LogP contribution in [0.3, 0.4) is 0 Å². The Balaban J connectivity index is 2.12. The van der Waals surface area contributed by atoms with Crippen LogP contribution in [0.5, 0.6) is 0 Å². The molecule has 0 fully saturated rings. The van der Waals surface area contributed by atoms with Gasteiger partial charge < -0.3 is 14.8 Å². The highest BCUT2D eigenvalue weighted by Gasteiger charge is 2.30. The number of aromatic nitrogens is 4. The number of hydrogen-bond donors (Lipinski definition) is 1. The number of anilines is 1. The first kappa shape index (κ1) is 28.8. The van der Waals surface area contributed by atoms with Gasteiger partial charge in [-0.15, -0.1) is 11.3 Å². The summed E-state index contributed by atoms with van der Waals surface area (Å²) in [5.74, 6) is -1.65. The van der Waals surface area contributed by atoms with Gasteiger partial charge in [-0.05, 0) is 66.5 Å². The Labute approximate surface area is 224 Å². The maximum atomic E-state index is 13.6. The molecule has 1 unspecified atom stereocenters. The summed E-state index contributed by atoms with van der Waals surface area (Å²) in [5.41, 5.74) is 2.59. The number of rotatable bonds is 9. The lowest BCUT2D eigenvalue weighted by Gasteiger charge is -2.21. The normalized spacial score (nSPS) is 11.8. The standard InChI is InChI=1S/C26H33N5O6S/c1-9-18-16(7)27-26(31-14(5)12-13(4)29-31)30(23(18)33)17(8)21(32)28-22-19(24(34)36-10-2)15(6)20(38-22)25(35)37-11-3/h12,17H,9-11H2,1-8H3,(H,28,32). The molecule has 3 aromatic rings. The van der Waals surface area contributed by atoms with Crippen molar-refractivity contribution in [3.8, 4) is 5.95 Å². The Hall–Kier alpha value is -3.80. The van der Waals surface area contributed by atoms with Crippen LogP contribution in [0.15, 0.2) is 10.9 Å². The van der Waals surface area contributed by atoms with Crippen molar-refractivity contribution in [1.29, 1.82) is 0 Å². The third kappa shape index (κ3) is 5.40. The molecule has 0 aliphatic rings. The second-order valence-electron chi connectivity index (χ2n) is 8.71. The average molecular weight is 544 g/mol. The highest BCUT2D eigenvalue weighted by molar-refractivity contribution is 7.18. The van der Waals surface area contributed by atoms with Crippen molar-refractivity contribution >= 4 is 34.2 Å². The summed E-state index contributed by atoms with van der Waals surface area (Å²) in [7, 11) is 0. The third-order valence-electron chi connectivity index (χ3n) is 6.04. The molecule has 11 nitrogen and oxygen atoms in total. The molecule has 1 amide bonds. The number of hydrogen-bond acceptors (Lipinski definition) is 9. The Kier molecular flexibility index (Phi) is 8.87. The summed E-state index contributed by atoms with van der Waals surface area (Å²) in [4.78, 5) is 57.2. The second-order valence-corrected chi connectivity index (χ2v) is 9.73. The predicted octanol–water partition coefficient (Wildman–Crippen LogP) is 3.84. The first-order valence-electron chi connectivity index (χ1n) is 12.4. The Morgan fingerprint density at radius 2 is 1.68 bits per heavy atom. The maximum Gasteiger partial charge on any atom is 0.348 e. The van der Waals surface area contributed by atoms with Crippen LogP contribution in [0.25, 0.3) is 5.95 Å². The summed E-state index contributed by atoms with van der Waals surface area (Å²) in [5, 5.41) is 7.34. The van der Waals surface area contributed by atoms with E-state index in [-0.39, 0.29) is 40.2 Å². The van der Waals surface area contributed by atoms with Crippen molar-refractivity contribution in [3.05, 3.63) is 55.1 Å². The van der Waals surface area contributed by atoms with Crippen LogP contribution < -0.4 is 10.9 Å².